The molecule has 82 valence electrons. The minimum atomic E-state index is 0.620. The van der Waals surface area contributed by atoms with Gasteiger partial charge in [0.05, 0.1) is 0 Å². The monoisotopic (exact) mass is 206 g/mol. The molecule has 1 N–H and O–H groups in total. The Morgan fingerprint density at radius 2 is 2.27 bits per heavy atom. The fourth-order valence-electron chi connectivity index (χ4n) is 1.80. The summed E-state index contributed by atoms with van der Waals surface area (Å²) in [6.45, 7) is 4.28. The molecule has 0 spiro atoms. The number of anilines is 1. The highest BCUT2D eigenvalue weighted by atomic mass is 15.3. The minimum absolute atomic E-state index is 0.620. The molecule has 1 fully saturated rings. The quantitative estimate of drug-likeness (QED) is 0.792. The van der Waals surface area contributed by atoms with Gasteiger partial charge >= 0.3 is 0 Å². The molecule has 1 aliphatic rings. The summed E-state index contributed by atoms with van der Waals surface area (Å²) in [5, 5.41) is 3.26. The molecule has 0 radical (unpaired) electrons. The number of aromatic nitrogens is 2. The molecule has 15 heavy (non-hydrogen) atoms. The molecule has 0 saturated carbocycles. The van der Waals surface area contributed by atoms with Gasteiger partial charge in [-0.1, -0.05) is 13.3 Å². The van der Waals surface area contributed by atoms with Gasteiger partial charge in [0.2, 0.25) is 0 Å². The van der Waals surface area contributed by atoms with Crippen LogP contribution in [0, 0.1) is 0 Å². The van der Waals surface area contributed by atoms with Gasteiger partial charge in [0.15, 0.2) is 0 Å². The van der Waals surface area contributed by atoms with E-state index in [0.717, 1.165) is 37.4 Å². The van der Waals surface area contributed by atoms with E-state index in [1.165, 1.54) is 0 Å². The van der Waals surface area contributed by atoms with Crippen molar-refractivity contribution in [3.63, 3.8) is 0 Å². The Kier molecular flexibility index (Phi) is 3.16. The van der Waals surface area contributed by atoms with Crippen LogP contribution in [0.1, 0.15) is 19.0 Å². The van der Waals surface area contributed by atoms with Gasteiger partial charge in [-0.2, -0.15) is 0 Å². The number of rotatable bonds is 4. The maximum atomic E-state index is 4.30. The van der Waals surface area contributed by atoms with Crippen molar-refractivity contribution < 1.29 is 0 Å². The molecule has 4 heteroatoms. The third-order valence-electron chi connectivity index (χ3n) is 2.83. The van der Waals surface area contributed by atoms with E-state index in [2.05, 4.69) is 33.2 Å². The molecule has 1 aliphatic heterocycles. The van der Waals surface area contributed by atoms with Gasteiger partial charge in [-0.15, -0.1) is 0 Å². The van der Waals surface area contributed by atoms with Crippen LogP contribution in [0.5, 0.6) is 0 Å². The predicted molar refractivity (Wildman–Crippen MR) is 61.1 cm³/mol. The smallest absolute Gasteiger partial charge is 0.132 e. The summed E-state index contributed by atoms with van der Waals surface area (Å²) in [6, 6.07) is 2.73. The van der Waals surface area contributed by atoms with E-state index in [9.17, 15) is 0 Å². The van der Waals surface area contributed by atoms with Crippen molar-refractivity contribution in [2.75, 3.05) is 25.0 Å². The largest absolute Gasteiger partial charge is 0.353 e. The number of nitrogens with zero attached hydrogens (tertiary/aromatic N) is 3. The number of hydrogen-bond donors (Lipinski definition) is 1. The maximum Gasteiger partial charge on any atom is 0.132 e. The van der Waals surface area contributed by atoms with E-state index in [1.54, 1.807) is 6.33 Å². The zero-order valence-electron chi connectivity index (χ0n) is 9.40. The van der Waals surface area contributed by atoms with Crippen molar-refractivity contribution in [3.05, 3.63) is 18.1 Å². The zero-order chi connectivity index (χ0) is 10.7. The molecule has 0 aliphatic carbocycles. The second-order valence-corrected chi connectivity index (χ2v) is 4.01. The van der Waals surface area contributed by atoms with Gasteiger partial charge in [-0.25, -0.2) is 9.97 Å². The molecule has 2 heterocycles. The zero-order valence-corrected chi connectivity index (χ0v) is 9.40. The Morgan fingerprint density at radius 3 is 2.93 bits per heavy atom. The molecule has 1 aromatic heterocycles. The Hall–Kier alpha value is -1.16. The van der Waals surface area contributed by atoms with Crippen LogP contribution in [0.2, 0.25) is 0 Å². The lowest BCUT2D eigenvalue weighted by molar-refractivity contribution is 0.446. The molecule has 0 bridgehead atoms. The first-order valence-electron chi connectivity index (χ1n) is 5.56. The SMILES string of the molecule is CCCc1cc(N2CC(NC)C2)ncn1. The van der Waals surface area contributed by atoms with Crippen LogP contribution in [0.25, 0.3) is 0 Å². The second kappa shape index (κ2) is 4.57. The van der Waals surface area contributed by atoms with E-state index in [4.69, 9.17) is 0 Å². The van der Waals surface area contributed by atoms with Crippen molar-refractivity contribution in [2.45, 2.75) is 25.8 Å². The molecule has 0 atom stereocenters. The molecule has 1 saturated heterocycles. The summed E-state index contributed by atoms with van der Waals surface area (Å²) in [6.07, 6.45) is 3.85. The minimum Gasteiger partial charge on any atom is -0.353 e. The van der Waals surface area contributed by atoms with Crippen LogP contribution in [0.15, 0.2) is 12.4 Å². The fraction of sp³-hybridized carbons (Fsp3) is 0.636. The fourth-order valence-corrected chi connectivity index (χ4v) is 1.80. The van der Waals surface area contributed by atoms with Gasteiger partial charge in [-0.05, 0) is 13.5 Å². The van der Waals surface area contributed by atoms with Crippen molar-refractivity contribution in [3.8, 4) is 0 Å². The highest BCUT2D eigenvalue weighted by molar-refractivity contribution is 5.42. The molecular weight excluding hydrogens is 188 g/mol. The number of aryl methyl sites for hydroxylation is 1. The third kappa shape index (κ3) is 2.26. The topological polar surface area (TPSA) is 41.0 Å². The number of nitrogens with one attached hydrogen (secondary N) is 1. The lowest BCUT2D eigenvalue weighted by Gasteiger charge is -2.39. The highest BCUT2D eigenvalue weighted by Gasteiger charge is 2.26. The maximum absolute atomic E-state index is 4.30. The number of hydrogen-bond acceptors (Lipinski definition) is 4. The van der Waals surface area contributed by atoms with E-state index < -0.39 is 0 Å². The molecule has 4 nitrogen and oxygen atoms in total. The van der Waals surface area contributed by atoms with Crippen LogP contribution in [0.3, 0.4) is 0 Å². The van der Waals surface area contributed by atoms with Gasteiger partial charge in [0.1, 0.15) is 12.1 Å². The van der Waals surface area contributed by atoms with E-state index in [0.29, 0.717) is 6.04 Å². The van der Waals surface area contributed by atoms with Gasteiger partial charge in [0, 0.05) is 30.9 Å². The van der Waals surface area contributed by atoms with E-state index in [-0.39, 0.29) is 0 Å². The Labute approximate surface area is 90.7 Å². The van der Waals surface area contributed by atoms with Gasteiger partial charge < -0.3 is 10.2 Å². The highest BCUT2D eigenvalue weighted by Crippen LogP contribution is 2.18. The molecule has 0 aromatic carbocycles. The Bertz CT molecular complexity index is 320. The summed E-state index contributed by atoms with van der Waals surface area (Å²) in [4.78, 5) is 10.8. The molecule has 1 aromatic rings. The molecule has 0 amide bonds. The summed E-state index contributed by atoms with van der Waals surface area (Å²) >= 11 is 0. The van der Waals surface area contributed by atoms with Crippen molar-refractivity contribution in [1.29, 1.82) is 0 Å². The van der Waals surface area contributed by atoms with Crippen LogP contribution in [-0.4, -0.2) is 36.1 Å². The van der Waals surface area contributed by atoms with E-state index >= 15 is 0 Å². The third-order valence-corrected chi connectivity index (χ3v) is 2.83. The first-order chi connectivity index (χ1) is 7.33. The van der Waals surface area contributed by atoms with Crippen LogP contribution >= 0.6 is 0 Å². The standard InChI is InChI=1S/C11H18N4/c1-3-4-9-5-11(14-8-13-9)15-6-10(7-15)12-2/h5,8,10,12H,3-4,6-7H2,1-2H3. The first kappa shape index (κ1) is 10.4. The first-order valence-corrected chi connectivity index (χ1v) is 5.56. The predicted octanol–water partition coefficient (Wildman–Crippen LogP) is 0.837. The summed E-state index contributed by atoms with van der Waals surface area (Å²) in [5.74, 6) is 1.07. The normalized spacial score (nSPS) is 16.5. The lowest BCUT2D eigenvalue weighted by Crippen LogP contribution is -2.57. The van der Waals surface area contributed by atoms with Crippen molar-refractivity contribution in [2.24, 2.45) is 0 Å². The molecular formula is C11H18N4. The summed E-state index contributed by atoms with van der Waals surface area (Å²) < 4.78 is 0. The van der Waals surface area contributed by atoms with E-state index in [1.807, 2.05) is 7.05 Å². The van der Waals surface area contributed by atoms with Crippen LogP contribution in [-0.2, 0) is 6.42 Å². The van der Waals surface area contributed by atoms with Crippen LogP contribution in [0.4, 0.5) is 5.82 Å². The van der Waals surface area contributed by atoms with Gasteiger partial charge in [-0.3, -0.25) is 0 Å². The lowest BCUT2D eigenvalue weighted by atomic mass is 10.1. The van der Waals surface area contributed by atoms with Crippen molar-refractivity contribution in [1.82, 2.24) is 15.3 Å². The average molecular weight is 206 g/mol. The van der Waals surface area contributed by atoms with Crippen LogP contribution < -0.4 is 10.2 Å². The Morgan fingerprint density at radius 1 is 1.47 bits per heavy atom. The van der Waals surface area contributed by atoms with Crippen molar-refractivity contribution >= 4 is 5.82 Å². The average Bonchev–Trinajstić information content (AvgIpc) is 2.17. The summed E-state index contributed by atoms with van der Waals surface area (Å²) in [5.41, 5.74) is 1.15. The summed E-state index contributed by atoms with van der Waals surface area (Å²) in [7, 11) is 2.00. The Balaban J connectivity index is 2.00. The van der Waals surface area contributed by atoms with Gasteiger partial charge in [0.25, 0.3) is 0 Å². The molecule has 0 unspecified atom stereocenters. The number of likely N-dealkylation sites (N-methyl/N-ethyl adjacent to an activating group) is 1. The molecule has 2 rings (SSSR count). The second-order valence-electron chi connectivity index (χ2n) is 4.01.